The first-order chi connectivity index (χ1) is 21.4. The van der Waals surface area contributed by atoms with Gasteiger partial charge in [-0.3, -0.25) is 14.6 Å². The summed E-state index contributed by atoms with van der Waals surface area (Å²) >= 11 is 0. The zero-order valence-electron chi connectivity index (χ0n) is 26.6. The van der Waals surface area contributed by atoms with Gasteiger partial charge in [-0.25, -0.2) is 4.79 Å². The number of fused-ring (bicyclic) bond motifs is 4. The summed E-state index contributed by atoms with van der Waals surface area (Å²) in [7, 11) is 0. The van der Waals surface area contributed by atoms with E-state index in [1.165, 1.54) is 13.8 Å². The maximum Gasteiger partial charge on any atom is 0.345 e. The fraction of sp³-hybridized carbons (Fsp3) is 0.647. The van der Waals surface area contributed by atoms with Crippen molar-refractivity contribution in [3.8, 4) is 17.1 Å². The number of ether oxygens (including phenoxy) is 5. The average Bonchev–Trinajstić information content (AvgIpc) is 2.99. The molecule has 11 heteroatoms. The van der Waals surface area contributed by atoms with E-state index in [0.29, 0.717) is 56.6 Å². The van der Waals surface area contributed by atoms with Crippen molar-refractivity contribution in [1.82, 2.24) is 4.98 Å². The van der Waals surface area contributed by atoms with Crippen LogP contribution in [0.2, 0.25) is 0 Å². The van der Waals surface area contributed by atoms with E-state index in [1.807, 2.05) is 13.8 Å². The van der Waals surface area contributed by atoms with Crippen molar-refractivity contribution in [3.63, 3.8) is 0 Å². The number of aliphatic hydroxyl groups excluding tert-OH is 1. The summed E-state index contributed by atoms with van der Waals surface area (Å²) in [5, 5.41) is 12.3. The Morgan fingerprint density at radius 1 is 1.09 bits per heavy atom. The van der Waals surface area contributed by atoms with Gasteiger partial charge < -0.3 is 33.2 Å². The van der Waals surface area contributed by atoms with Gasteiger partial charge in [0.25, 0.3) is 0 Å². The van der Waals surface area contributed by atoms with Gasteiger partial charge in [0.15, 0.2) is 0 Å². The van der Waals surface area contributed by atoms with Crippen molar-refractivity contribution >= 4 is 11.9 Å². The van der Waals surface area contributed by atoms with Crippen LogP contribution >= 0.6 is 0 Å². The minimum Gasteiger partial charge on any atom is -0.484 e. The standard InChI is InChI=1S/C34H43NO10/c1-19(36)41-18-33(4)25-16-27(43-22-9-13-40-14-10-22)34(5)30(32(25,3)11-8-26(33)42-20(2)37)29(38)28-24(45-34)15-23(44-31(28)39)21-7-6-12-35-17-21/h6-7,12,15,17,22,25-27,29-30,38H,8-11,13-14,16,18H2,1-5H3/t25?,26-,27-,29-,30?,32-,33-,34+/m0/s1. The Bertz CT molecular complexity index is 1490. The zero-order chi connectivity index (χ0) is 32.1. The van der Waals surface area contributed by atoms with Crippen LogP contribution in [-0.4, -0.2) is 65.8 Å². The summed E-state index contributed by atoms with van der Waals surface area (Å²) in [4.78, 5) is 42.1. The summed E-state index contributed by atoms with van der Waals surface area (Å²) in [6.07, 6.45) is 3.84. The number of esters is 2. The topological polar surface area (TPSA) is 144 Å². The van der Waals surface area contributed by atoms with Gasteiger partial charge >= 0.3 is 17.6 Å². The third-order valence-electron chi connectivity index (χ3n) is 10.9. The molecule has 0 aromatic carbocycles. The van der Waals surface area contributed by atoms with Gasteiger partial charge in [0.2, 0.25) is 0 Å². The van der Waals surface area contributed by atoms with Crippen molar-refractivity contribution in [1.29, 1.82) is 0 Å². The molecule has 3 fully saturated rings. The van der Waals surface area contributed by atoms with Gasteiger partial charge in [0.05, 0.1) is 18.3 Å². The molecule has 1 N–H and O–H groups in total. The predicted octanol–water partition coefficient (Wildman–Crippen LogP) is 4.39. The first-order valence-corrected chi connectivity index (χ1v) is 15.9. The second kappa shape index (κ2) is 11.8. The number of rotatable bonds is 6. The third kappa shape index (κ3) is 5.46. The molecule has 2 aromatic heterocycles. The number of aromatic nitrogens is 1. The number of carbonyl (C=O) groups excluding carboxylic acids is 2. The second-order valence-corrected chi connectivity index (χ2v) is 13.8. The normalized spacial score (nSPS) is 36.1. The summed E-state index contributed by atoms with van der Waals surface area (Å²) in [6.45, 7) is 9.98. The average molecular weight is 626 g/mol. The van der Waals surface area contributed by atoms with Crippen molar-refractivity contribution in [2.24, 2.45) is 22.7 Å². The van der Waals surface area contributed by atoms with Gasteiger partial charge in [-0.05, 0) is 62.5 Å². The molecule has 0 spiro atoms. The van der Waals surface area contributed by atoms with Crippen molar-refractivity contribution in [3.05, 3.63) is 46.6 Å². The van der Waals surface area contributed by atoms with Crippen LogP contribution in [0.4, 0.5) is 0 Å². The third-order valence-corrected chi connectivity index (χ3v) is 10.9. The van der Waals surface area contributed by atoms with Crippen LogP contribution < -0.4 is 10.4 Å². The molecule has 244 valence electrons. The molecule has 6 rings (SSSR count). The van der Waals surface area contributed by atoms with Gasteiger partial charge in [0.1, 0.15) is 35.4 Å². The molecular weight excluding hydrogens is 582 g/mol. The molecule has 2 aliphatic heterocycles. The molecule has 0 radical (unpaired) electrons. The van der Waals surface area contributed by atoms with E-state index in [-0.39, 0.29) is 29.9 Å². The molecule has 0 amide bonds. The lowest BCUT2D eigenvalue weighted by Crippen LogP contribution is -2.71. The largest absolute Gasteiger partial charge is 0.484 e. The Kier molecular flexibility index (Phi) is 8.33. The maximum atomic E-state index is 13.6. The Labute approximate surface area is 262 Å². The number of hydrogen-bond acceptors (Lipinski definition) is 11. The van der Waals surface area contributed by atoms with Crippen LogP contribution in [0, 0.1) is 22.7 Å². The molecule has 8 atom stereocenters. The minimum atomic E-state index is -1.24. The van der Waals surface area contributed by atoms with Crippen molar-refractivity contribution in [2.45, 2.75) is 96.7 Å². The zero-order valence-corrected chi connectivity index (χ0v) is 26.6. The summed E-state index contributed by atoms with van der Waals surface area (Å²) < 4.78 is 36.7. The maximum absolute atomic E-state index is 13.6. The first kappa shape index (κ1) is 31.7. The quantitative estimate of drug-likeness (QED) is 0.457. The molecule has 2 aliphatic carbocycles. The molecule has 2 unspecified atom stereocenters. The Hall–Kier alpha value is -3.28. The fourth-order valence-corrected chi connectivity index (χ4v) is 8.91. The molecule has 11 nitrogen and oxygen atoms in total. The monoisotopic (exact) mass is 625 g/mol. The van der Waals surface area contributed by atoms with E-state index >= 15 is 0 Å². The first-order valence-electron chi connectivity index (χ1n) is 15.9. The Balaban J connectivity index is 1.48. The summed E-state index contributed by atoms with van der Waals surface area (Å²) in [6, 6.07) is 5.19. The van der Waals surface area contributed by atoms with E-state index in [4.69, 9.17) is 28.1 Å². The van der Waals surface area contributed by atoms with Crippen molar-refractivity contribution in [2.75, 3.05) is 19.8 Å². The lowest BCUT2D eigenvalue weighted by molar-refractivity contribution is -0.282. The van der Waals surface area contributed by atoms with Crippen LogP contribution in [0.5, 0.6) is 5.75 Å². The van der Waals surface area contributed by atoms with E-state index in [2.05, 4.69) is 11.9 Å². The smallest absolute Gasteiger partial charge is 0.345 e. The molecule has 2 saturated carbocycles. The predicted molar refractivity (Wildman–Crippen MR) is 160 cm³/mol. The number of hydrogen-bond donors (Lipinski definition) is 1. The van der Waals surface area contributed by atoms with Crippen LogP contribution in [0.15, 0.2) is 39.8 Å². The molecular formula is C34H43NO10. The van der Waals surface area contributed by atoms with Crippen LogP contribution in [0.3, 0.4) is 0 Å². The highest BCUT2D eigenvalue weighted by molar-refractivity contribution is 5.67. The van der Waals surface area contributed by atoms with Gasteiger partial charge in [-0.1, -0.05) is 13.8 Å². The van der Waals surface area contributed by atoms with E-state index in [9.17, 15) is 19.5 Å². The summed E-state index contributed by atoms with van der Waals surface area (Å²) in [5.41, 5.74) is -2.49. The minimum absolute atomic E-state index is 0.0259. The number of pyridine rings is 1. The highest BCUT2D eigenvalue weighted by Crippen LogP contribution is 2.67. The van der Waals surface area contributed by atoms with Gasteiger partial charge in [0, 0.05) is 62.4 Å². The van der Waals surface area contributed by atoms with Crippen LogP contribution in [-0.2, 0) is 28.5 Å². The van der Waals surface area contributed by atoms with Crippen LogP contribution in [0.25, 0.3) is 11.3 Å². The Morgan fingerprint density at radius 2 is 1.84 bits per heavy atom. The van der Waals surface area contributed by atoms with E-state index in [0.717, 1.165) is 0 Å². The van der Waals surface area contributed by atoms with Crippen LogP contribution in [0.1, 0.15) is 78.4 Å². The molecule has 1 saturated heterocycles. The lowest BCUT2D eigenvalue weighted by Gasteiger charge is -2.67. The highest BCUT2D eigenvalue weighted by Gasteiger charge is 2.70. The molecule has 2 aromatic rings. The van der Waals surface area contributed by atoms with Gasteiger partial charge in [-0.2, -0.15) is 0 Å². The second-order valence-electron chi connectivity index (χ2n) is 13.8. The number of aliphatic hydroxyl groups is 1. The lowest BCUT2D eigenvalue weighted by atomic mass is 9.42. The molecule has 45 heavy (non-hydrogen) atoms. The fourth-order valence-electron chi connectivity index (χ4n) is 8.91. The van der Waals surface area contributed by atoms with Crippen molar-refractivity contribution < 1.29 is 42.8 Å². The van der Waals surface area contributed by atoms with Gasteiger partial charge in [-0.15, -0.1) is 0 Å². The number of nitrogens with zero attached hydrogens (tertiary/aromatic N) is 1. The SMILES string of the molecule is CC(=O)OC[C@@]1(C)C2C[C@H](OC3CCOCC3)[C@@]3(C)Oc4cc(-c5cccnc5)oc(=O)c4[C@H](O)C3[C@@]2(C)CC[C@@H]1OC(C)=O. The van der Waals surface area contributed by atoms with E-state index in [1.54, 1.807) is 30.6 Å². The van der Waals surface area contributed by atoms with E-state index < -0.39 is 58.2 Å². The highest BCUT2D eigenvalue weighted by atomic mass is 16.6. The summed E-state index contributed by atoms with van der Waals surface area (Å²) in [5.74, 6) is -1.15. The number of carbonyl (C=O) groups is 2. The molecule has 0 bridgehead atoms. The Morgan fingerprint density at radius 3 is 2.51 bits per heavy atom. The molecule has 4 aliphatic rings. The molecule has 4 heterocycles.